The summed E-state index contributed by atoms with van der Waals surface area (Å²) in [5, 5.41) is 9.07. The second kappa shape index (κ2) is 5.15. The van der Waals surface area contributed by atoms with E-state index in [1.807, 2.05) is 19.2 Å². The Morgan fingerprint density at radius 3 is 3.12 bits per heavy atom. The van der Waals surface area contributed by atoms with Crippen LogP contribution in [-0.2, 0) is 0 Å². The smallest absolute Gasteiger partial charge is 0.163 e. The Hall–Kier alpha value is -1.60. The zero-order valence-corrected chi connectivity index (χ0v) is 10.1. The molecule has 2 N–H and O–H groups in total. The lowest BCUT2D eigenvalue weighted by Crippen LogP contribution is -2.38. The Kier molecular flexibility index (Phi) is 3.60. The van der Waals surface area contributed by atoms with Gasteiger partial charge in [-0.3, -0.25) is 0 Å². The zero-order valence-electron chi connectivity index (χ0n) is 10.1. The molecule has 1 aromatic rings. The molecule has 90 valence electrons. The first kappa shape index (κ1) is 11.9. The molecule has 0 saturated heterocycles. The molecule has 4 nitrogen and oxygen atoms in total. The van der Waals surface area contributed by atoms with Crippen molar-refractivity contribution in [3.63, 3.8) is 0 Å². The second-order valence-corrected chi connectivity index (χ2v) is 4.59. The van der Waals surface area contributed by atoms with Gasteiger partial charge in [0.25, 0.3) is 0 Å². The van der Waals surface area contributed by atoms with Gasteiger partial charge in [-0.15, -0.1) is 0 Å². The SMILES string of the molecule is CN(c1cccnc1C#N)C1CCCC1CN. The van der Waals surface area contributed by atoms with Crippen molar-refractivity contribution >= 4 is 5.69 Å². The molecule has 17 heavy (non-hydrogen) atoms. The number of aromatic nitrogens is 1. The van der Waals surface area contributed by atoms with Gasteiger partial charge in [0.05, 0.1) is 5.69 Å². The third kappa shape index (κ3) is 2.25. The molecule has 0 radical (unpaired) electrons. The molecule has 1 aliphatic rings. The monoisotopic (exact) mass is 230 g/mol. The van der Waals surface area contributed by atoms with Crippen LogP contribution in [-0.4, -0.2) is 24.6 Å². The average molecular weight is 230 g/mol. The van der Waals surface area contributed by atoms with Gasteiger partial charge < -0.3 is 10.6 Å². The molecule has 2 rings (SSSR count). The summed E-state index contributed by atoms with van der Waals surface area (Å²) in [6.45, 7) is 0.719. The standard InChI is InChI=1S/C13H18N4/c1-17(12-5-2-4-10(12)8-14)13-6-3-7-16-11(13)9-15/h3,6-7,10,12H,2,4-5,8,14H2,1H3. The first-order valence-corrected chi connectivity index (χ1v) is 6.06. The van der Waals surface area contributed by atoms with Crippen LogP contribution < -0.4 is 10.6 Å². The Morgan fingerprint density at radius 2 is 2.41 bits per heavy atom. The van der Waals surface area contributed by atoms with Crippen molar-refractivity contribution in [1.29, 1.82) is 5.26 Å². The number of nitrogens with zero attached hydrogens (tertiary/aromatic N) is 3. The maximum Gasteiger partial charge on any atom is 0.163 e. The normalized spacial score (nSPS) is 23.4. The minimum Gasteiger partial charge on any atom is -0.369 e. The second-order valence-electron chi connectivity index (χ2n) is 4.59. The molecule has 1 aromatic heterocycles. The average Bonchev–Trinajstić information content (AvgIpc) is 2.86. The van der Waals surface area contributed by atoms with Gasteiger partial charge in [-0.2, -0.15) is 5.26 Å². The van der Waals surface area contributed by atoms with E-state index in [0.717, 1.165) is 18.7 Å². The highest BCUT2D eigenvalue weighted by molar-refractivity contribution is 5.56. The summed E-state index contributed by atoms with van der Waals surface area (Å²) in [5.74, 6) is 0.534. The Balaban J connectivity index is 2.25. The van der Waals surface area contributed by atoms with E-state index >= 15 is 0 Å². The Morgan fingerprint density at radius 1 is 1.59 bits per heavy atom. The van der Waals surface area contributed by atoms with Gasteiger partial charge in [0.2, 0.25) is 0 Å². The first-order valence-electron chi connectivity index (χ1n) is 6.06. The van der Waals surface area contributed by atoms with Crippen molar-refractivity contribution in [2.24, 2.45) is 11.7 Å². The van der Waals surface area contributed by atoms with Crippen LogP contribution in [0.5, 0.6) is 0 Å². The fraction of sp³-hybridized carbons (Fsp3) is 0.538. The number of pyridine rings is 1. The van der Waals surface area contributed by atoms with Crippen molar-refractivity contribution in [1.82, 2.24) is 4.98 Å². The molecule has 0 aromatic carbocycles. The molecule has 1 fully saturated rings. The number of nitriles is 1. The highest BCUT2D eigenvalue weighted by Gasteiger charge is 2.30. The van der Waals surface area contributed by atoms with Crippen molar-refractivity contribution in [3.8, 4) is 6.07 Å². The third-order valence-corrected chi connectivity index (χ3v) is 3.69. The molecule has 2 atom stereocenters. The van der Waals surface area contributed by atoms with E-state index in [4.69, 9.17) is 11.0 Å². The van der Waals surface area contributed by atoms with Gasteiger partial charge in [0.1, 0.15) is 6.07 Å². The largest absolute Gasteiger partial charge is 0.369 e. The summed E-state index contributed by atoms with van der Waals surface area (Å²) in [7, 11) is 2.04. The predicted octanol–water partition coefficient (Wildman–Crippen LogP) is 1.52. The molecule has 1 aliphatic carbocycles. The number of hydrogen-bond donors (Lipinski definition) is 1. The molecular weight excluding hydrogens is 212 g/mol. The topological polar surface area (TPSA) is 65.9 Å². The van der Waals surface area contributed by atoms with E-state index in [-0.39, 0.29) is 0 Å². The summed E-state index contributed by atoms with van der Waals surface area (Å²) >= 11 is 0. The summed E-state index contributed by atoms with van der Waals surface area (Å²) in [4.78, 5) is 6.28. The van der Waals surface area contributed by atoms with Gasteiger partial charge in [-0.25, -0.2) is 4.98 Å². The summed E-state index contributed by atoms with van der Waals surface area (Å²) < 4.78 is 0. The van der Waals surface area contributed by atoms with E-state index in [9.17, 15) is 0 Å². The van der Waals surface area contributed by atoms with Crippen LogP contribution in [0.15, 0.2) is 18.3 Å². The van der Waals surface area contributed by atoms with Crippen molar-refractivity contribution in [2.75, 3.05) is 18.5 Å². The van der Waals surface area contributed by atoms with Crippen molar-refractivity contribution in [3.05, 3.63) is 24.0 Å². The number of rotatable bonds is 3. The Bertz CT molecular complexity index is 424. The van der Waals surface area contributed by atoms with Crippen LogP contribution in [0.25, 0.3) is 0 Å². The van der Waals surface area contributed by atoms with Crippen LogP contribution in [0.1, 0.15) is 25.0 Å². The van der Waals surface area contributed by atoms with E-state index in [1.165, 1.54) is 12.8 Å². The third-order valence-electron chi connectivity index (χ3n) is 3.69. The van der Waals surface area contributed by atoms with Gasteiger partial charge in [0.15, 0.2) is 5.69 Å². The minimum atomic E-state index is 0.441. The minimum absolute atomic E-state index is 0.441. The highest BCUT2D eigenvalue weighted by atomic mass is 15.2. The number of hydrogen-bond acceptors (Lipinski definition) is 4. The number of nitrogens with two attached hydrogens (primary N) is 1. The highest BCUT2D eigenvalue weighted by Crippen LogP contribution is 2.32. The molecule has 2 unspecified atom stereocenters. The molecule has 4 heteroatoms. The van der Waals surface area contributed by atoms with E-state index in [1.54, 1.807) is 6.20 Å². The number of anilines is 1. The lowest BCUT2D eigenvalue weighted by molar-refractivity contribution is 0.474. The summed E-state index contributed by atoms with van der Waals surface area (Å²) in [5.41, 5.74) is 7.22. The van der Waals surface area contributed by atoms with E-state index in [2.05, 4.69) is 16.0 Å². The van der Waals surface area contributed by atoms with E-state index in [0.29, 0.717) is 17.7 Å². The molecule has 0 bridgehead atoms. The van der Waals surface area contributed by atoms with Gasteiger partial charge in [-0.05, 0) is 37.4 Å². The molecule has 1 saturated carbocycles. The first-order chi connectivity index (χ1) is 8.27. The maximum absolute atomic E-state index is 9.07. The molecule has 0 spiro atoms. The lowest BCUT2D eigenvalue weighted by Gasteiger charge is -2.31. The fourth-order valence-electron chi connectivity index (χ4n) is 2.75. The van der Waals surface area contributed by atoms with Crippen LogP contribution in [0.3, 0.4) is 0 Å². The van der Waals surface area contributed by atoms with Crippen LogP contribution >= 0.6 is 0 Å². The van der Waals surface area contributed by atoms with Crippen LogP contribution in [0, 0.1) is 17.2 Å². The van der Waals surface area contributed by atoms with Crippen LogP contribution in [0.2, 0.25) is 0 Å². The lowest BCUT2D eigenvalue weighted by atomic mass is 10.0. The Labute approximate surface area is 102 Å². The zero-order chi connectivity index (χ0) is 12.3. The van der Waals surface area contributed by atoms with Gasteiger partial charge in [0, 0.05) is 19.3 Å². The maximum atomic E-state index is 9.07. The van der Waals surface area contributed by atoms with Crippen molar-refractivity contribution in [2.45, 2.75) is 25.3 Å². The molecular formula is C13H18N4. The quantitative estimate of drug-likeness (QED) is 0.855. The predicted molar refractivity (Wildman–Crippen MR) is 67.5 cm³/mol. The van der Waals surface area contributed by atoms with E-state index < -0.39 is 0 Å². The summed E-state index contributed by atoms with van der Waals surface area (Å²) in [6.07, 6.45) is 5.22. The van der Waals surface area contributed by atoms with Crippen molar-refractivity contribution < 1.29 is 0 Å². The van der Waals surface area contributed by atoms with Crippen LogP contribution in [0.4, 0.5) is 5.69 Å². The molecule has 0 aliphatic heterocycles. The van der Waals surface area contributed by atoms with Gasteiger partial charge in [-0.1, -0.05) is 6.42 Å². The molecule has 1 heterocycles. The fourth-order valence-corrected chi connectivity index (χ4v) is 2.75. The van der Waals surface area contributed by atoms with Gasteiger partial charge >= 0.3 is 0 Å². The molecule has 0 amide bonds. The summed E-state index contributed by atoms with van der Waals surface area (Å²) in [6, 6.07) is 6.42.